The summed E-state index contributed by atoms with van der Waals surface area (Å²) < 4.78 is 8.76. The van der Waals surface area contributed by atoms with Gasteiger partial charge in [0.1, 0.15) is 5.56 Å². The fraction of sp³-hybridized carbons (Fsp3) is 0.227. The lowest BCUT2D eigenvalue weighted by atomic mass is 10.2. The monoisotopic (exact) mass is 418 g/mol. The number of imidazole rings is 1. The molecule has 0 saturated carbocycles. The summed E-state index contributed by atoms with van der Waals surface area (Å²) >= 11 is 0. The molecule has 31 heavy (non-hydrogen) atoms. The summed E-state index contributed by atoms with van der Waals surface area (Å²) in [5, 5.41) is 3.44. The number of pyridine rings is 1. The maximum absolute atomic E-state index is 12.9. The zero-order chi connectivity index (χ0) is 21.6. The molecule has 0 amide bonds. The van der Waals surface area contributed by atoms with E-state index in [1.54, 1.807) is 24.0 Å². The number of carbonyl (C=O) groups excluding carboxylic acids is 1. The highest BCUT2D eigenvalue weighted by Gasteiger charge is 2.18. The Bertz CT molecular complexity index is 1240. The van der Waals surface area contributed by atoms with Crippen LogP contribution in [0.15, 0.2) is 66.2 Å². The summed E-state index contributed by atoms with van der Waals surface area (Å²) in [5.41, 5.74) is 0.675. The highest BCUT2D eigenvalue weighted by atomic mass is 16.5. The van der Waals surface area contributed by atoms with Crippen molar-refractivity contribution < 1.29 is 9.53 Å². The van der Waals surface area contributed by atoms with Crippen molar-refractivity contribution in [3.05, 3.63) is 77.2 Å². The van der Waals surface area contributed by atoms with Crippen molar-refractivity contribution in [3.8, 4) is 5.69 Å². The standard InChI is InChI=1S/C22H22N6O3/c1-2-31-21(30)18-14-28(16-7-4-3-5-8-16)20-17(19(18)29)13-25-22(26-20)24-9-6-11-27-12-10-23-15-27/h3-5,7-8,10,12-15H,2,6,9,11H2,1H3,(H,24,25,26). The van der Waals surface area contributed by atoms with E-state index in [0.29, 0.717) is 18.1 Å². The van der Waals surface area contributed by atoms with Gasteiger partial charge in [0.2, 0.25) is 11.4 Å². The topological polar surface area (TPSA) is 104 Å². The van der Waals surface area contributed by atoms with Crippen molar-refractivity contribution in [3.63, 3.8) is 0 Å². The Morgan fingerprint density at radius 1 is 1.23 bits per heavy atom. The summed E-state index contributed by atoms with van der Waals surface area (Å²) in [4.78, 5) is 38.1. The molecule has 9 heteroatoms. The number of aryl methyl sites for hydroxylation is 1. The molecule has 1 aromatic carbocycles. The summed E-state index contributed by atoms with van der Waals surface area (Å²) in [5.74, 6) is -0.258. The lowest BCUT2D eigenvalue weighted by Gasteiger charge is -2.13. The first-order chi connectivity index (χ1) is 15.2. The first-order valence-electron chi connectivity index (χ1n) is 10.0. The van der Waals surface area contributed by atoms with Crippen molar-refractivity contribution >= 4 is 23.0 Å². The van der Waals surface area contributed by atoms with Crippen LogP contribution >= 0.6 is 0 Å². The largest absolute Gasteiger partial charge is 0.462 e. The first-order valence-corrected chi connectivity index (χ1v) is 10.0. The number of carbonyl (C=O) groups is 1. The van der Waals surface area contributed by atoms with Gasteiger partial charge in [0.15, 0.2) is 5.65 Å². The Hall–Kier alpha value is -4.01. The molecule has 0 unspecified atom stereocenters. The van der Waals surface area contributed by atoms with Gasteiger partial charge in [-0.1, -0.05) is 18.2 Å². The van der Waals surface area contributed by atoms with E-state index < -0.39 is 11.4 Å². The Morgan fingerprint density at radius 3 is 2.81 bits per heavy atom. The van der Waals surface area contributed by atoms with Crippen LogP contribution in [0.1, 0.15) is 23.7 Å². The van der Waals surface area contributed by atoms with Crippen LogP contribution in [0.4, 0.5) is 5.95 Å². The van der Waals surface area contributed by atoms with Crippen LogP contribution in [0.2, 0.25) is 0 Å². The molecule has 0 aliphatic carbocycles. The van der Waals surface area contributed by atoms with Crippen molar-refractivity contribution in [1.82, 2.24) is 24.1 Å². The molecule has 9 nitrogen and oxygen atoms in total. The van der Waals surface area contributed by atoms with E-state index in [0.717, 1.165) is 18.7 Å². The average molecular weight is 418 g/mol. The average Bonchev–Trinajstić information content (AvgIpc) is 3.31. The maximum atomic E-state index is 12.9. The molecule has 0 spiro atoms. The summed E-state index contributed by atoms with van der Waals surface area (Å²) in [6, 6.07) is 9.39. The third-order valence-corrected chi connectivity index (χ3v) is 4.71. The third kappa shape index (κ3) is 4.45. The summed E-state index contributed by atoms with van der Waals surface area (Å²) in [6.07, 6.45) is 9.20. The fourth-order valence-electron chi connectivity index (χ4n) is 3.22. The minimum atomic E-state index is -0.666. The van der Waals surface area contributed by atoms with Gasteiger partial charge in [-0.05, 0) is 25.5 Å². The predicted molar refractivity (Wildman–Crippen MR) is 116 cm³/mol. The molecule has 3 heterocycles. The van der Waals surface area contributed by atoms with E-state index in [1.165, 1.54) is 12.4 Å². The van der Waals surface area contributed by atoms with Crippen LogP contribution in [0.25, 0.3) is 16.7 Å². The minimum absolute atomic E-state index is 0.0529. The molecular formula is C22H22N6O3. The maximum Gasteiger partial charge on any atom is 0.343 e. The lowest BCUT2D eigenvalue weighted by molar-refractivity contribution is 0.0524. The van der Waals surface area contributed by atoms with Crippen molar-refractivity contribution in [2.75, 3.05) is 18.5 Å². The van der Waals surface area contributed by atoms with Gasteiger partial charge in [0.05, 0.1) is 18.3 Å². The van der Waals surface area contributed by atoms with E-state index in [2.05, 4.69) is 20.3 Å². The van der Waals surface area contributed by atoms with Crippen LogP contribution in [0.3, 0.4) is 0 Å². The van der Waals surface area contributed by atoms with E-state index >= 15 is 0 Å². The Labute approximate surface area is 178 Å². The molecule has 4 aromatic rings. The smallest absolute Gasteiger partial charge is 0.343 e. The number of nitrogens with one attached hydrogen (secondary N) is 1. The number of fused-ring (bicyclic) bond motifs is 1. The van der Waals surface area contributed by atoms with Gasteiger partial charge in [-0.25, -0.2) is 14.8 Å². The fourth-order valence-corrected chi connectivity index (χ4v) is 3.22. The number of ether oxygens (including phenoxy) is 1. The SMILES string of the molecule is CCOC(=O)c1cn(-c2ccccc2)c2nc(NCCCn3ccnc3)ncc2c1=O. The molecule has 158 valence electrons. The number of esters is 1. The zero-order valence-corrected chi connectivity index (χ0v) is 17.1. The number of para-hydroxylation sites is 1. The Balaban J connectivity index is 1.68. The number of anilines is 1. The number of rotatable bonds is 8. The second-order valence-corrected chi connectivity index (χ2v) is 6.81. The minimum Gasteiger partial charge on any atom is -0.462 e. The van der Waals surface area contributed by atoms with Crippen molar-refractivity contribution in [1.29, 1.82) is 0 Å². The van der Waals surface area contributed by atoms with Crippen LogP contribution in [0, 0.1) is 0 Å². The van der Waals surface area contributed by atoms with Crippen LogP contribution in [-0.2, 0) is 11.3 Å². The number of nitrogens with zero attached hydrogens (tertiary/aromatic N) is 5. The van der Waals surface area contributed by atoms with Gasteiger partial charge in [-0.15, -0.1) is 0 Å². The molecule has 1 N–H and O–H groups in total. The molecule has 0 saturated heterocycles. The number of aromatic nitrogens is 5. The molecule has 0 aliphatic rings. The highest BCUT2D eigenvalue weighted by Crippen LogP contribution is 2.17. The van der Waals surface area contributed by atoms with Gasteiger partial charge in [-0.2, -0.15) is 4.98 Å². The first kappa shape index (κ1) is 20.3. The molecule has 0 bridgehead atoms. The third-order valence-electron chi connectivity index (χ3n) is 4.71. The quantitative estimate of drug-likeness (QED) is 0.346. The van der Waals surface area contributed by atoms with E-state index in [9.17, 15) is 9.59 Å². The van der Waals surface area contributed by atoms with Gasteiger partial charge in [0, 0.05) is 43.6 Å². The molecular weight excluding hydrogens is 396 g/mol. The highest BCUT2D eigenvalue weighted by molar-refractivity contribution is 5.93. The van der Waals surface area contributed by atoms with Gasteiger partial charge >= 0.3 is 5.97 Å². The summed E-state index contributed by atoms with van der Waals surface area (Å²) in [7, 11) is 0. The number of hydrogen-bond donors (Lipinski definition) is 1. The van der Waals surface area contributed by atoms with E-state index in [-0.39, 0.29) is 17.6 Å². The molecule has 0 radical (unpaired) electrons. The molecule has 0 aliphatic heterocycles. The zero-order valence-electron chi connectivity index (χ0n) is 17.1. The number of hydrogen-bond acceptors (Lipinski definition) is 7. The van der Waals surface area contributed by atoms with E-state index in [1.807, 2.05) is 41.1 Å². The molecule has 0 fully saturated rings. The molecule has 0 atom stereocenters. The second-order valence-electron chi connectivity index (χ2n) is 6.81. The van der Waals surface area contributed by atoms with Gasteiger partial charge < -0.3 is 19.2 Å². The lowest BCUT2D eigenvalue weighted by Crippen LogP contribution is -2.21. The normalized spacial score (nSPS) is 10.9. The number of benzene rings is 1. The molecule has 3 aromatic heterocycles. The van der Waals surface area contributed by atoms with E-state index in [4.69, 9.17) is 4.74 Å². The van der Waals surface area contributed by atoms with Crippen molar-refractivity contribution in [2.24, 2.45) is 0 Å². The van der Waals surface area contributed by atoms with Crippen molar-refractivity contribution in [2.45, 2.75) is 19.9 Å². The Kier molecular flexibility index (Phi) is 6.02. The van der Waals surface area contributed by atoms with Gasteiger partial charge in [-0.3, -0.25) is 4.79 Å². The van der Waals surface area contributed by atoms with Gasteiger partial charge in [0.25, 0.3) is 0 Å². The predicted octanol–water partition coefficient (Wildman–Crippen LogP) is 2.66. The summed E-state index contributed by atoms with van der Waals surface area (Å²) in [6.45, 7) is 3.35. The van der Waals surface area contributed by atoms with Crippen LogP contribution in [0.5, 0.6) is 0 Å². The van der Waals surface area contributed by atoms with Crippen LogP contribution in [-0.4, -0.2) is 43.2 Å². The second kappa shape index (κ2) is 9.21. The Morgan fingerprint density at radius 2 is 2.06 bits per heavy atom. The molecule has 4 rings (SSSR count). The van der Waals surface area contributed by atoms with Crippen LogP contribution < -0.4 is 10.7 Å².